The van der Waals surface area contributed by atoms with Crippen LogP contribution in [0.4, 0.5) is 17.6 Å². The summed E-state index contributed by atoms with van der Waals surface area (Å²) in [5, 5.41) is 0.0936. The van der Waals surface area contributed by atoms with E-state index in [-0.39, 0.29) is 49.4 Å². The maximum atomic E-state index is 14.0. The molecule has 5 nitrogen and oxygen atoms in total. The fourth-order valence-electron chi connectivity index (χ4n) is 3.50. The summed E-state index contributed by atoms with van der Waals surface area (Å²) in [6.07, 6.45) is -4.35. The molecule has 1 aliphatic rings. The molecule has 32 heavy (non-hydrogen) atoms. The van der Waals surface area contributed by atoms with Crippen molar-refractivity contribution in [1.82, 2.24) is 9.21 Å². The molecule has 1 fully saturated rings. The molecule has 0 saturated carbocycles. The van der Waals surface area contributed by atoms with E-state index in [0.29, 0.717) is 5.56 Å². The summed E-state index contributed by atoms with van der Waals surface area (Å²) < 4.78 is 78.7. The van der Waals surface area contributed by atoms with Crippen LogP contribution in [0.25, 0.3) is 0 Å². The van der Waals surface area contributed by atoms with Crippen LogP contribution in [0.15, 0.2) is 47.4 Å². The number of benzene rings is 2. The molecular formula is C21H21ClF4N2O3S. The molecule has 1 atom stereocenters. The third kappa shape index (κ3) is 5.41. The molecule has 1 saturated heterocycles. The Hall–Kier alpha value is -2.17. The van der Waals surface area contributed by atoms with Crippen molar-refractivity contribution in [1.29, 1.82) is 0 Å². The van der Waals surface area contributed by atoms with Crippen molar-refractivity contribution in [2.75, 3.05) is 26.2 Å². The predicted octanol–water partition coefficient (Wildman–Crippen LogP) is 4.52. The third-order valence-electron chi connectivity index (χ3n) is 5.39. The van der Waals surface area contributed by atoms with Gasteiger partial charge in [0.1, 0.15) is 10.7 Å². The number of sulfonamides is 1. The van der Waals surface area contributed by atoms with Crippen molar-refractivity contribution in [2.45, 2.75) is 30.3 Å². The summed E-state index contributed by atoms with van der Waals surface area (Å²) in [6.45, 7) is 1.98. The number of carbonyl (C=O) groups is 1. The molecule has 3 rings (SSSR count). The van der Waals surface area contributed by atoms with E-state index in [0.717, 1.165) is 28.6 Å². The van der Waals surface area contributed by atoms with Gasteiger partial charge in [-0.25, -0.2) is 12.8 Å². The molecule has 2 aromatic carbocycles. The standard InChI is InChI=1S/C21H21ClF4N2O3S/c1-14(15-2-4-16(5-3-15)21(24,25)26)12-20(29)27-8-10-28(11-9-27)32(30,31)19-13-17(22)6-7-18(19)23/h2-7,13-14H,8-12H2,1H3/t14-/m1/s1. The lowest BCUT2D eigenvalue weighted by molar-refractivity contribution is -0.137. The van der Waals surface area contributed by atoms with Crippen molar-refractivity contribution < 1.29 is 30.8 Å². The second-order valence-electron chi connectivity index (χ2n) is 7.58. The van der Waals surface area contributed by atoms with Gasteiger partial charge in [0.05, 0.1) is 5.56 Å². The van der Waals surface area contributed by atoms with Crippen LogP contribution >= 0.6 is 11.6 Å². The minimum atomic E-state index is -4.43. The highest BCUT2D eigenvalue weighted by molar-refractivity contribution is 7.89. The number of hydrogen-bond acceptors (Lipinski definition) is 3. The zero-order valence-corrected chi connectivity index (χ0v) is 18.6. The zero-order chi connectivity index (χ0) is 23.7. The molecule has 0 aromatic heterocycles. The number of hydrogen-bond donors (Lipinski definition) is 0. The lowest BCUT2D eigenvalue weighted by Gasteiger charge is -2.34. The highest BCUT2D eigenvalue weighted by Gasteiger charge is 2.33. The smallest absolute Gasteiger partial charge is 0.340 e. The van der Waals surface area contributed by atoms with E-state index in [9.17, 15) is 30.8 Å². The number of rotatable bonds is 5. The summed E-state index contributed by atoms with van der Waals surface area (Å²) >= 11 is 5.80. The summed E-state index contributed by atoms with van der Waals surface area (Å²) in [7, 11) is -4.10. The Morgan fingerprint density at radius 3 is 2.22 bits per heavy atom. The molecule has 0 radical (unpaired) electrons. The molecule has 11 heteroatoms. The Balaban J connectivity index is 1.60. The molecule has 0 N–H and O–H groups in total. The molecule has 0 aliphatic carbocycles. The van der Waals surface area contributed by atoms with Crippen LogP contribution in [0.2, 0.25) is 5.02 Å². The van der Waals surface area contributed by atoms with Gasteiger partial charge < -0.3 is 4.90 Å². The molecule has 174 valence electrons. The van der Waals surface area contributed by atoms with Gasteiger partial charge in [-0.05, 0) is 41.8 Å². The molecule has 1 heterocycles. The van der Waals surface area contributed by atoms with Crippen LogP contribution < -0.4 is 0 Å². The van der Waals surface area contributed by atoms with Crippen molar-refractivity contribution in [3.8, 4) is 0 Å². The van der Waals surface area contributed by atoms with Gasteiger partial charge in [-0.1, -0.05) is 30.7 Å². The Kier molecular flexibility index (Phi) is 7.16. The number of amides is 1. The van der Waals surface area contributed by atoms with Crippen molar-refractivity contribution in [2.24, 2.45) is 0 Å². The Morgan fingerprint density at radius 2 is 1.66 bits per heavy atom. The van der Waals surface area contributed by atoms with Gasteiger partial charge in [-0.3, -0.25) is 4.79 Å². The first-order valence-corrected chi connectivity index (χ1v) is 11.6. The van der Waals surface area contributed by atoms with E-state index in [1.54, 1.807) is 6.92 Å². The van der Waals surface area contributed by atoms with E-state index >= 15 is 0 Å². The fraction of sp³-hybridized carbons (Fsp3) is 0.381. The normalized spacial score (nSPS) is 16.8. The molecular weight excluding hydrogens is 472 g/mol. The first-order chi connectivity index (χ1) is 14.9. The molecule has 0 bridgehead atoms. The van der Waals surface area contributed by atoms with E-state index < -0.39 is 32.5 Å². The van der Waals surface area contributed by atoms with Crippen molar-refractivity contribution >= 4 is 27.5 Å². The van der Waals surface area contributed by atoms with Crippen molar-refractivity contribution in [3.05, 3.63) is 64.4 Å². The summed E-state index contributed by atoms with van der Waals surface area (Å²) in [5.74, 6) is -1.45. The monoisotopic (exact) mass is 492 g/mol. The SMILES string of the molecule is C[C@H](CC(=O)N1CCN(S(=O)(=O)c2cc(Cl)ccc2F)CC1)c1ccc(C(F)(F)F)cc1. The van der Waals surface area contributed by atoms with E-state index in [1.807, 2.05) is 0 Å². The average Bonchev–Trinajstić information content (AvgIpc) is 2.74. The van der Waals surface area contributed by atoms with Gasteiger partial charge in [-0.2, -0.15) is 17.5 Å². The van der Waals surface area contributed by atoms with Crippen LogP contribution in [0, 0.1) is 5.82 Å². The summed E-state index contributed by atoms with van der Waals surface area (Å²) in [4.78, 5) is 13.6. The van der Waals surface area contributed by atoms with Gasteiger partial charge in [0.15, 0.2) is 0 Å². The second-order valence-corrected chi connectivity index (χ2v) is 9.93. The third-order valence-corrected chi connectivity index (χ3v) is 7.54. The Labute approximate surface area is 188 Å². The predicted molar refractivity (Wildman–Crippen MR) is 111 cm³/mol. The number of nitrogens with zero attached hydrogens (tertiary/aromatic N) is 2. The fourth-order valence-corrected chi connectivity index (χ4v) is 5.25. The molecule has 1 amide bonds. The lowest BCUT2D eigenvalue weighted by atomic mass is 9.96. The molecule has 0 unspecified atom stereocenters. The van der Waals surface area contributed by atoms with E-state index in [1.165, 1.54) is 23.1 Å². The maximum Gasteiger partial charge on any atom is 0.416 e. The summed E-state index contributed by atoms with van der Waals surface area (Å²) in [5.41, 5.74) is -0.155. The summed E-state index contributed by atoms with van der Waals surface area (Å²) in [6, 6.07) is 7.96. The van der Waals surface area contributed by atoms with Gasteiger partial charge >= 0.3 is 6.18 Å². The minimum Gasteiger partial charge on any atom is -0.340 e. The Bertz CT molecular complexity index is 1080. The largest absolute Gasteiger partial charge is 0.416 e. The van der Waals surface area contributed by atoms with Crippen LogP contribution in [-0.2, 0) is 21.0 Å². The number of carbonyl (C=O) groups excluding carboxylic acids is 1. The second kappa shape index (κ2) is 9.36. The van der Waals surface area contributed by atoms with Crippen LogP contribution in [0.3, 0.4) is 0 Å². The maximum absolute atomic E-state index is 14.0. The average molecular weight is 493 g/mol. The highest BCUT2D eigenvalue weighted by atomic mass is 35.5. The zero-order valence-electron chi connectivity index (χ0n) is 17.1. The van der Waals surface area contributed by atoms with Gasteiger partial charge in [0.2, 0.25) is 15.9 Å². The van der Waals surface area contributed by atoms with Crippen LogP contribution in [0.1, 0.15) is 30.4 Å². The minimum absolute atomic E-state index is 0.00527. The quantitative estimate of drug-likeness (QED) is 0.576. The first kappa shape index (κ1) is 24.5. The lowest BCUT2D eigenvalue weighted by Crippen LogP contribution is -2.50. The van der Waals surface area contributed by atoms with Crippen LogP contribution in [0.5, 0.6) is 0 Å². The molecule has 1 aliphatic heterocycles. The van der Waals surface area contributed by atoms with E-state index in [4.69, 9.17) is 11.6 Å². The van der Waals surface area contributed by atoms with Gasteiger partial charge in [0, 0.05) is 37.6 Å². The van der Waals surface area contributed by atoms with Gasteiger partial charge in [-0.15, -0.1) is 0 Å². The molecule has 2 aromatic rings. The van der Waals surface area contributed by atoms with Crippen LogP contribution in [-0.4, -0.2) is 49.7 Å². The van der Waals surface area contributed by atoms with E-state index in [2.05, 4.69) is 0 Å². The van der Waals surface area contributed by atoms with Gasteiger partial charge in [0.25, 0.3) is 0 Å². The molecule has 0 spiro atoms. The topological polar surface area (TPSA) is 57.7 Å². The number of halogens is 5. The van der Waals surface area contributed by atoms with Crippen molar-refractivity contribution in [3.63, 3.8) is 0 Å². The Morgan fingerprint density at radius 1 is 1.06 bits per heavy atom. The first-order valence-electron chi connectivity index (χ1n) is 9.79. The number of piperazine rings is 1. The highest BCUT2D eigenvalue weighted by Crippen LogP contribution is 2.31. The number of alkyl halides is 3.